The number of benzene rings is 1. The number of β-amino-alcohol motifs (C(OH)–C–C–N with tert-alkyl or cyclic N) is 1. The van der Waals surface area contributed by atoms with Crippen molar-refractivity contribution >= 4 is 47.4 Å². The van der Waals surface area contributed by atoms with Crippen molar-refractivity contribution in [2.24, 2.45) is 5.73 Å². The number of halogens is 3. The standard InChI is InChI=1S/C18H23Cl2N5O2.ClH/c1-10(12-4-3-11(19)7-13(12)20)23-17-16(27-2)8-22-18(24-17)25-6-5-14(21)15(26)9-25;/h3-4,7-8,10,14-15,26H,5-6,9,21H2,1-2H3,(H,22,23,24);1H/t10-,14+,15+;/m1./s1. The second kappa shape index (κ2) is 9.80. The van der Waals surface area contributed by atoms with Gasteiger partial charge in [0.1, 0.15) is 0 Å². The highest BCUT2D eigenvalue weighted by atomic mass is 35.5. The summed E-state index contributed by atoms with van der Waals surface area (Å²) in [6.45, 7) is 3.05. The molecule has 0 radical (unpaired) electrons. The van der Waals surface area contributed by atoms with Gasteiger partial charge in [0, 0.05) is 29.2 Å². The van der Waals surface area contributed by atoms with Crippen LogP contribution >= 0.6 is 35.6 Å². The Morgan fingerprint density at radius 1 is 1.39 bits per heavy atom. The Kier molecular flexibility index (Phi) is 7.97. The molecule has 1 fully saturated rings. The zero-order valence-corrected chi connectivity index (χ0v) is 17.9. The molecule has 10 heteroatoms. The molecular weight excluding hydrogens is 425 g/mol. The third-order valence-corrected chi connectivity index (χ3v) is 5.22. The predicted octanol–water partition coefficient (Wildman–Crippen LogP) is 3.29. The molecule has 1 aromatic heterocycles. The topological polar surface area (TPSA) is 96.5 Å². The largest absolute Gasteiger partial charge is 0.491 e. The summed E-state index contributed by atoms with van der Waals surface area (Å²) in [5, 5.41) is 14.5. The molecule has 4 N–H and O–H groups in total. The van der Waals surface area contributed by atoms with Gasteiger partial charge in [0.2, 0.25) is 5.95 Å². The van der Waals surface area contributed by atoms with Gasteiger partial charge in [0.15, 0.2) is 11.6 Å². The van der Waals surface area contributed by atoms with Gasteiger partial charge in [-0.05, 0) is 31.0 Å². The van der Waals surface area contributed by atoms with Crippen LogP contribution in [0.5, 0.6) is 5.75 Å². The third kappa shape index (κ3) is 5.10. The van der Waals surface area contributed by atoms with Crippen LogP contribution in [0.2, 0.25) is 10.0 Å². The molecule has 1 aliphatic heterocycles. The normalized spacial score (nSPS) is 20.3. The summed E-state index contributed by atoms with van der Waals surface area (Å²) in [6.07, 6.45) is 1.69. The van der Waals surface area contributed by atoms with Crippen LogP contribution in [0.1, 0.15) is 24.9 Å². The number of nitrogens with zero attached hydrogens (tertiary/aromatic N) is 3. The molecule has 0 bridgehead atoms. The third-order valence-electron chi connectivity index (χ3n) is 4.66. The Morgan fingerprint density at radius 2 is 2.14 bits per heavy atom. The fourth-order valence-corrected chi connectivity index (χ4v) is 3.61. The van der Waals surface area contributed by atoms with Crippen molar-refractivity contribution < 1.29 is 9.84 Å². The zero-order valence-electron chi connectivity index (χ0n) is 15.6. The summed E-state index contributed by atoms with van der Waals surface area (Å²) in [4.78, 5) is 10.9. The van der Waals surface area contributed by atoms with Crippen molar-refractivity contribution in [3.05, 3.63) is 40.0 Å². The number of ether oxygens (including phenoxy) is 1. The number of piperidine rings is 1. The minimum atomic E-state index is -0.604. The van der Waals surface area contributed by atoms with Crippen LogP contribution in [0.25, 0.3) is 0 Å². The highest BCUT2D eigenvalue weighted by molar-refractivity contribution is 6.35. The van der Waals surface area contributed by atoms with Gasteiger partial charge in [-0.15, -0.1) is 12.4 Å². The zero-order chi connectivity index (χ0) is 19.6. The number of aliphatic hydroxyl groups excluding tert-OH is 1. The molecule has 7 nitrogen and oxygen atoms in total. The minimum absolute atomic E-state index is 0. The number of methoxy groups -OCH3 is 1. The molecule has 2 heterocycles. The summed E-state index contributed by atoms with van der Waals surface area (Å²) in [5.74, 6) is 1.58. The van der Waals surface area contributed by atoms with E-state index in [1.54, 1.807) is 25.4 Å². The maximum atomic E-state index is 10.0. The molecule has 0 unspecified atom stereocenters. The highest BCUT2D eigenvalue weighted by Gasteiger charge is 2.27. The lowest BCUT2D eigenvalue weighted by Gasteiger charge is -2.34. The molecule has 0 amide bonds. The van der Waals surface area contributed by atoms with E-state index >= 15 is 0 Å². The molecule has 0 saturated carbocycles. The number of nitrogens with one attached hydrogen (secondary N) is 1. The first-order valence-corrected chi connectivity index (χ1v) is 9.45. The van der Waals surface area contributed by atoms with Crippen LogP contribution in [0, 0.1) is 0 Å². The number of aromatic nitrogens is 2. The van der Waals surface area contributed by atoms with Gasteiger partial charge < -0.3 is 25.8 Å². The Bertz CT molecular complexity index is 811. The number of anilines is 2. The van der Waals surface area contributed by atoms with Gasteiger partial charge in [-0.3, -0.25) is 0 Å². The van der Waals surface area contributed by atoms with Crippen LogP contribution in [0.4, 0.5) is 11.8 Å². The lowest BCUT2D eigenvalue weighted by molar-refractivity contribution is 0.131. The van der Waals surface area contributed by atoms with Gasteiger partial charge in [-0.2, -0.15) is 4.98 Å². The smallest absolute Gasteiger partial charge is 0.227 e. The summed E-state index contributed by atoms with van der Waals surface area (Å²) >= 11 is 12.3. The van der Waals surface area contributed by atoms with E-state index in [2.05, 4.69) is 15.3 Å². The predicted molar refractivity (Wildman–Crippen MR) is 115 cm³/mol. The van der Waals surface area contributed by atoms with E-state index in [0.29, 0.717) is 47.1 Å². The molecule has 0 aliphatic carbocycles. The molecule has 28 heavy (non-hydrogen) atoms. The monoisotopic (exact) mass is 447 g/mol. The minimum Gasteiger partial charge on any atom is -0.491 e. The fraction of sp³-hybridized carbons (Fsp3) is 0.444. The van der Waals surface area contributed by atoms with Crippen molar-refractivity contribution in [3.63, 3.8) is 0 Å². The fourth-order valence-electron chi connectivity index (χ4n) is 3.03. The van der Waals surface area contributed by atoms with Crippen LogP contribution in [-0.4, -0.2) is 47.4 Å². The first-order chi connectivity index (χ1) is 12.9. The molecule has 154 valence electrons. The number of aliphatic hydroxyl groups is 1. The number of rotatable bonds is 5. The van der Waals surface area contributed by atoms with E-state index in [-0.39, 0.29) is 24.5 Å². The summed E-state index contributed by atoms with van der Waals surface area (Å²) in [6, 6.07) is 5.02. The molecule has 3 rings (SSSR count). The molecular formula is C18H24Cl3N5O2. The molecule has 1 aliphatic rings. The molecule has 0 spiro atoms. The molecule has 1 saturated heterocycles. The first-order valence-electron chi connectivity index (χ1n) is 8.70. The van der Waals surface area contributed by atoms with Crippen molar-refractivity contribution in [1.82, 2.24) is 9.97 Å². The van der Waals surface area contributed by atoms with Crippen molar-refractivity contribution in [1.29, 1.82) is 0 Å². The quantitative estimate of drug-likeness (QED) is 0.646. The van der Waals surface area contributed by atoms with E-state index < -0.39 is 6.10 Å². The SMILES string of the molecule is COc1cnc(N2CC[C@H](N)[C@@H](O)C2)nc1N[C@H](C)c1ccc(Cl)cc1Cl.Cl. The molecule has 2 aromatic rings. The maximum Gasteiger partial charge on any atom is 0.227 e. The van der Waals surface area contributed by atoms with Crippen molar-refractivity contribution in [2.45, 2.75) is 31.5 Å². The lowest BCUT2D eigenvalue weighted by atomic mass is 10.0. The second-order valence-corrected chi connectivity index (χ2v) is 7.43. The van der Waals surface area contributed by atoms with Crippen LogP contribution in [-0.2, 0) is 0 Å². The average Bonchev–Trinajstić information content (AvgIpc) is 2.63. The Morgan fingerprint density at radius 3 is 2.79 bits per heavy atom. The first kappa shape index (κ1) is 22.8. The molecule has 1 aromatic carbocycles. The Balaban J connectivity index is 0.00000280. The van der Waals surface area contributed by atoms with Gasteiger partial charge in [-0.1, -0.05) is 29.3 Å². The Labute approximate surface area is 180 Å². The number of hydrogen-bond acceptors (Lipinski definition) is 7. The Hall–Kier alpha value is -1.51. The maximum absolute atomic E-state index is 10.0. The van der Waals surface area contributed by atoms with Crippen molar-refractivity contribution in [2.75, 3.05) is 30.4 Å². The van der Waals surface area contributed by atoms with Crippen LogP contribution < -0.4 is 20.7 Å². The number of nitrogens with two attached hydrogens (primary N) is 1. The lowest BCUT2D eigenvalue weighted by Crippen LogP contribution is -2.51. The van der Waals surface area contributed by atoms with Gasteiger partial charge >= 0.3 is 0 Å². The summed E-state index contributed by atoms with van der Waals surface area (Å²) in [7, 11) is 1.56. The van der Waals surface area contributed by atoms with Gasteiger partial charge in [0.05, 0.1) is 25.5 Å². The summed E-state index contributed by atoms with van der Waals surface area (Å²) < 4.78 is 5.38. The van der Waals surface area contributed by atoms with Gasteiger partial charge in [-0.25, -0.2) is 4.98 Å². The van der Waals surface area contributed by atoms with Gasteiger partial charge in [0.25, 0.3) is 0 Å². The van der Waals surface area contributed by atoms with E-state index in [9.17, 15) is 5.11 Å². The van der Waals surface area contributed by atoms with E-state index in [0.717, 1.165) is 5.56 Å². The second-order valence-electron chi connectivity index (χ2n) is 6.58. The average molecular weight is 449 g/mol. The van der Waals surface area contributed by atoms with Crippen molar-refractivity contribution in [3.8, 4) is 5.75 Å². The number of hydrogen-bond donors (Lipinski definition) is 3. The molecule has 3 atom stereocenters. The highest BCUT2D eigenvalue weighted by Crippen LogP contribution is 2.31. The van der Waals surface area contributed by atoms with Crippen LogP contribution in [0.15, 0.2) is 24.4 Å². The van der Waals surface area contributed by atoms with E-state index in [1.165, 1.54) is 0 Å². The van der Waals surface area contributed by atoms with E-state index in [1.807, 2.05) is 17.9 Å². The summed E-state index contributed by atoms with van der Waals surface area (Å²) in [5.41, 5.74) is 6.77. The van der Waals surface area contributed by atoms with Crippen LogP contribution in [0.3, 0.4) is 0 Å². The van der Waals surface area contributed by atoms with E-state index in [4.69, 9.17) is 33.7 Å².